The summed E-state index contributed by atoms with van der Waals surface area (Å²) < 4.78 is 2.02. The van der Waals surface area contributed by atoms with Crippen molar-refractivity contribution in [3.63, 3.8) is 0 Å². The Kier molecular flexibility index (Phi) is 5.29. The zero-order valence-corrected chi connectivity index (χ0v) is 13.6. The van der Waals surface area contributed by atoms with Crippen molar-refractivity contribution in [2.24, 2.45) is 7.05 Å². The van der Waals surface area contributed by atoms with E-state index in [0.29, 0.717) is 5.25 Å². The maximum absolute atomic E-state index is 4.55. The van der Waals surface area contributed by atoms with Gasteiger partial charge in [0, 0.05) is 29.9 Å². The summed E-state index contributed by atoms with van der Waals surface area (Å²) in [6, 6.07) is 0. The average molecular weight is 269 g/mol. The van der Waals surface area contributed by atoms with Crippen molar-refractivity contribution in [3.8, 4) is 0 Å². The molecule has 0 bridgehead atoms. The number of aryl methyl sites for hydroxylation is 2. The number of aromatic nitrogens is 2. The molecule has 0 aromatic carbocycles. The Morgan fingerprint density at radius 2 is 2.00 bits per heavy atom. The molecule has 1 N–H and O–H groups in total. The second kappa shape index (κ2) is 6.11. The monoisotopic (exact) mass is 269 g/mol. The molecule has 0 spiro atoms. The molecule has 1 atom stereocenters. The third-order valence-electron chi connectivity index (χ3n) is 2.97. The molecule has 0 amide bonds. The van der Waals surface area contributed by atoms with E-state index in [9.17, 15) is 0 Å². The van der Waals surface area contributed by atoms with Gasteiger partial charge in [-0.3, -0.25) is 4.68 Å². The Balaban J connectivity index is 2.88. The molecular weight excluding hydrogens is 242 g/mol. The highest BCUT2D eigenvalue weighted by atomic mass is 32.2. The average Bonchev–Trinajstić information content (AvgIpc) is 2.50. The molecule has 104 valence electrons. The lowest BCUT2D eigenvalue weighted by Crippen LogP contribution is -2.35. The summed E-state index contributed by atoms with van der Waals surface area (Å²) in [7, 11) is 2.04. The molecule has 0 radical (unpaired) electrons. The van der Waals surface area contributed by atoms with Gasteiger partial charge in [0.05, 0.1) is 10.7 Å². The van der Waals surface area contributed by atoms with Crippen LogP contribution >= 0.6 is 11.8 Å². The van der Waals surface area contributed by atoms with Gasteiger partial charge in [-0.15, -0.1) is 11.8 Å². The van der Waals surface area contributed by atoms with E-state index in [-0.39, 0.29) is 5.54 Å². The number of nitrogens with zero attached hydrogens (tertiary/aromatic N) is 2. The molecule has 1 aromatic rings. The van der Waals surface area contributed by atoms with Crippen LogP contribution in [0.15, 0.2) is 5.03 Å². The first-order valence-corrected chi connectivity index (χ1v) is 7.56. The quantitative estimate of drug-likeness (QED) is 0.830. The summed E-state index contributed by atoms with van der Waals surface area (Å²) >= 11 is 1.93. The Morgan fingerprint density at radius 1 is 1.39 bits per heavy atom. The highest BCUT2D eigenvalue weighted by Gasteiger charge is 2.18. The predicted molar refractivity (Wildman–Crippen MR) is 80.1 cm³/mol. The first-order valence-electron chi connectivity index (χ1n) is 6.68. The lowest BCUT2D eigenvalue weighted by molar-refractivity contribution is 0.421. The predicted octanol–water partition coefficient (Wildman–Crippen LogP) is 3.51. The fourth-order valence-electron chi connectivity index (χ4n) is 1.66. The van der Waals surface area contributed by atoms with Crippen LogP contribution in [0.2, 0.25) is 0 Å². The highest BCUT2D eigenvalue weighted by Crippen LogP contribution is 2.29. The van der Waals surface area contributed by atoms with Gasteiger partial charge in [-0.2, -0.15) is 5.10 Å². The van der Waals surface area contributed by atoms with Gasteiger partial charge >= 0.3 is 0 Å². The van der Waals surface area contributed by atoms with E-state index >= 15 is 0 Å². The van der Waals surface area contributed by atoms with Crippen LogP contribution in [0.4, 0.5) is 0 Å². The van der Waals surface area contributed by atoms with Gasteiger partial charge in [-0.25, -0.2) is 0 Å². The second-order valence-electron chi connectivity index (χ2n) is 5.93. The molecule has 0 saturated carbocycles. The minimum absolute atomic E-state index is 0.139. The standard InChI is InChI=1S/C14H27N3S/c1-8-10(2)18-13-12(9-15-14(4,5)6)11(3)16-17(13)7/h10,15H,8-9H2,1-7H3. The molecule has 1 rings (SSSR count). The fourth-order valence-corrected chi connectivity index (χ4v) is 2.76. The molecule has 1 aromatic heterocycles. The van der Waals surface area contributed by atoms with Crippen LogP contribution < -0.4 is 5.32 Å². The number of hydrogen-bond acceptors (Lipinski definition) is 3. The van der Waals surface area contributed by atoms with Crippen molar-refractivity contribution in [1.82, 2.24) is 15.1 Å². The van der Waals surface area contributed by atoms with E-state index in [4.69, 9.17) is 0 Å². The van der Waals surface area contributed by atoms with Gasteiger partial charge in [0.15, 0.2) is 0 Å². The summed E-state index contributed by atoms with van der Waals surface area (Å²) in [6.45, 7) is 14.1. The molecule has 4 heteroatoms. The molecule has 0 saturated heterocycles. The topological polar surface area (TPSA) is 29.9 Å². The van der Waals surface area contributed by atoms with Crippen molar-refractivity contribution in [2.75, 3.05) is 0 Å². The zero-order valence-electron chi connectivity index (χ0n) is 12.8. The van der Waals surface area contributed by atoms with Gasteiger partial charge in [0.2, 0.25) is 0 Å². The molecule has 1 unspecified atom stereocenters. The largest absolute Gasteiger partial charge is 0.308 e. The van der Waals surface area contributed by atoms with Crippen LogP contribution in [0, 0.1) is 6.92 Å². The van der Waals surface area contributed by atoms with Crippen molar-refractivity contribution in [1.29, 1.82) is 0 Å². The van der Waals surface area contributed by atoms with E-state index in [1.165, 1.54) is 17.0 Å². The number of thioether (sulfide) groups is 1. The number of nitrogens with one attached hydrogen (secondary N) is 1. The van der Waals surface area contributed by atoms with Crippen LogP contribution in [0.5, 0.6) is 0 Å². The molecule has 1 heterocycles. The zero-order chi connectivity index (χ0) is 13.9. The highest BCUT2D eigenvalue weighted by molar-refractivity contribution is 7.99. The Hall–Kier alpha value is -0.480. The fraction of sp³-hybridized carbons (Fsp3) is 0.786. The number of rotatable bonds is 5. The van der Waals surface area contributed by atoms with Gasteiger partial charge in [-0.1, -0.05) is 13.8 Å². The normalized spacial score (nSPS) is 13.9. The molecule has 0 fully saturated rings. The molecule has 0 aliphatic heterocycles. The summed E-state index contributed by atoms with van der Waals surface area (Å²) in [6.07, 6.45) is 1.18. The van der Waals surface area contributed by atoms with Crippen LogP contribution in [0.25, 0.3) is 0 Å². The van der Waals surface area contributed by atoms with Gasteiger partial charge in [0.1, 0.15) is 0 Å². The Labute approximate surface area is 116 Å². The minimum atomic E-state index is 0.139. The third-order valence-corrected chi connectivity index (χ3v) is 4.44. The molecular formula is C14H27N3S. The molecule has 3 nitrogen and oxygen atoms in total. The van der Waals surface area contributed by atoms with Crippen LogP contribution in [-0.2, 0) is 13.6 Å². The molecule has 0 aliphatic carbocycles. The van der Waals surface area contributed by atoms with E-state index in [0.717, 1.165) is 12.2 Å². The Morgan fingerprint density at radius 3 is 2.50 bits per heavy atom. The summed E-state index contributed by atoms with van der Waals surface area (Å²) in [5.74, 6) is 0. The van der Waals surface area contributed by atoms with E-state index in [2.05, 4.69) is 52.0 Å². The number of hydrogen-bond donors (Lipinski definition) is 1. The van der Waals surface area contributed by atoms with E-state index in [1.54, 1.807) is 0 Å². The third kappa shape index (κ3) is 4.32. The van der Waals surface area contributed by atoms with Crippen LogP contribution in [0.3, 0.4) is 0 Å². The SMILES string of the molecule is CCC(C)Sc1c(CNC(C)(C)C)c(C)nn1C. The van der Waals surface area contributed by atoms with E-state index < -0.39 is 0 Å². The van der Waals surface area contributed by atoms with Crippen molar-refractivity contribution < 1.29 is 0 Å². The lowest BCUT2D eigenvalue weighted by atomic mass is 10.1. The maximum atomic E-state index is 4.55. The smallest absolute Gasteiger partial charge is 0.0987 e. The van der Waals surface area contributed by atoms with Crippen LogP contribution in [0.1, 0.15) is 52.3 Å². The lowest BCUT2D eigenvalue weighted by Gasteiger charge is -2.21. The minimum Gasteiger partial charge on any atom is -0.308 e. The van der Waals surface area contributed by atoms with Crippen molar-refractivity contribution >= 4 is 11.8 Å². The van der Waals surface area contributed by atoms with Gasteiger partial charge < -0.3 is 5.32 Å². The van der Waals surface area contributed by atoms with E-state index in [1.807, 2.05) is 23.5 Å². The Bertz CT molecular complexity index is 390. The second-order valence-corrected chi connectivity index (χ2v) is 7.36. The van der Waals surface area contributed by atoms with Gasteiger partial charge in [0.25, 0.3) is 0 Å². The van der Waals surface area contributed by atoms with Gasteiger partial charge in [-0.05, 0) is 34.1 Å². The first kappa shape index (κ1) is 15.6. The summed E-state index contributed by atoms with van der Waals surface area (Å²) in [5.41, 5.74) is 2.62. The summed E-state index contributed by atoms with van der Waals surface area (Å²) in [4.78, 5) is 0. The van der Waals surface area contributed by atoms with Crippen LogP contribution in [-0.4, -0.2) is 20.6 Å². The summed E-state index contributed by atoms with van der Waals surface area (Å²) in [5, 5.41) is 10.0. The van der Waals surface area contributed by atoms with Crippen molar-refractivity contribution in [3.05, 3.63) is 11.3 Å². The first-order chi connectivity index (χ1) is 8.24. The molecule has 0 aliphatic rings. The van der Waals surface area contributed by atoms with Crippen molar-refractivity contribution in [2.45, 2.75) is 70.3 Å². The maximum Gasteiger partial charge on any atom is 0.0987 e. The molecule has 18 heavy (non-hydrogen) atoms.